The number of nitrogens with zero attached hydrogens (tertiary/aromatic N) is 2. The van der Waals surface area contributed by atoms with Gasteiger partial charge in [-0.05, 0) is 48.7 Å². The van der Waals surface area contributed by atoms with E-state index in [1.165, 1.54) is 18.3 Å². The fraction of sp³-hybridized carbons (Fsp3) is 0.200. The Morgan fingerprint density at radius 2 is 1.67 bits per heavy atom. The Kier molecular flexibility index (Phi) is 7.89. The van der Waals surface area contributed by atoms with Gasteiger partial charge in [0.2, 0.25) is 0 Å². The number of rotatable bonds is 8. The molecule has 172 valence electrons. The molecule has 0 saturated carbocycles. The maximum Gasteiger partial charge on any atom is 0.264 e. The Hall–Kier alpha value is -3.16. The molecule has 0 aliphatic heterocycles. The Morgan fingerprint density at radius 1 is 1.03 bits per heavy atom. The Bertz CT molecular complexity index is 1240. The molecule has 0 aliphatic carbocycles. The summed E-state index contributed by atoms with van der Waals surface area (Å²) in [6.45, 7) is 5.56. The standard InChI is InChI=1S/C25H26ClN3O3S/c1-18(2)20-10-12-22(13-11-20)29(33(31,32)23-14-8-19(3)9-15-23)17-25(30)28-27-16-21-6-4-5-7-24(21)26/h4-16,18H,17H2,1-3H3,(H,28,30)/b27-16-. The van der Waals surface area contributed by atoms with Gasteiger partial charge in [0.15, 0.2) is 0 Å². The number of carbonyl (C=O) groups excluding carboxylic acids is 1. The van der Waals surface area contributed by atoms with Gasteiger partial charge in [0.25, 0.3) is 15.9 Å². The van der Waals surface area contributed by atoms with Crippen LogP contribution in [-0.2, 0) is 14.8 Å². The smallest absolute Gasteiger partial charge is 0.264 e. The number of sulfonamides is 1. The molecular formula is C25H26ClN3O3S. The van der Waals surface area contributed by atoms with Gasteiger partial charge in [0.05, 0.1) is 16.8 Å². The Balaban J connectivity index is 1.87. The van der Waals surface area contributed by atoms with Crippen LogP contribution in [0.2, 0.25) is 5.02 Å². The molecule has 0 bridgehead atoms. The van der Waals surface area contributed by atoms with E-state index in [9.17, 15) is 13.2 Å². The summed E-state index contributed by atoms with van der Waals surface area (Å²) in [6.07, 6.45) is 1.41. The zero-order valence-corrected chi connectivity index (χ0v) is 20.3. The summed E-state index contributed by atoms with van der Waals surface area (Å²) in [4.78, 5) is 12.8. The number of hydrazone groups is 1. The normalized spacial score (nSPS) is 11.7. The molecule has 1 N–H and O–H groups in total. The Labute approximate surface area is 200 Å². The topological polar surface area (TPSA) is 78.8 Å². The first-order valence-corrected chi connectivity index (χ1v) is 12.3. The van der Waals surface area contributed by atoms with E-state index in [-0.39, 0.29) is 4.90 Å². The lowest BCUT2D eigenvalue weighted by Gasteiger charge is -2.24. The predicted molar refractivity (Wildman–Crippen MR) is 133 cm³/mol. The lowest BCUT2D eigenvalue weighted by atomic mass is 10.0. The number of hydrogen-bond acceptors (Lipinski definition) is 4. The molecule has 3 aromatic rings. The van der Waals surface area contributed by atoms with Crippen molar-refractivity contribution < 1.29 is 13.2 Å². The van der Waals surface area contributed by atoms with E-state index in [2.05, 4.69) is 24.4 Å². The minimum absolute atomic E-state index is 0.105. The number of aryl methyl sites for hydroxylation is 1. The van der Waals surface area contributed by atoms with Gasteiger partial charge in [-0.1, -0.05) is 73.5 Å². The molecule has 0 heterocycles. The highest BCUT2D eigenvalue weighted by atomic mass is 35.5. The first-order chi connectivity index (χ1) is 15.7. The number of carbonyl (C=O) groups is 1. The second-order valence-electron chi connectivity index (χ2n) is 7.89. The minimum atomic E-state index is -3.98. The molecule has 0 radical (unpaired) electrons. The summed E-state index contributed by atoms with van der Waals surface area (Å²) in [5.74, 6) is -0.287. The molecule has 0 atom stereocenters. The fourth-order valence-electron chi connectivity index (χ4n) is 3.10. The van der Waals surface area contributed by atoms with Crippen LogP contribution in [0.3, 0.4) is 0 Å². The summed E-state index contributed by atoms with van der Waals surface area (Å²) >= 11 is 6.09. The van der Waals surface area contributed by atoms with Gasteiger partial charge in [0, 0.05) is 10.6 Å². The van der Waals surface area contributed by atoms with Crippen LogP contribution >= 0.6 is 11.6 Å². The third kappa shape index (κ3) is 6.21. The van der Waals surface area contributed by atoms with Gasteiger partial charge in [-0.3, -0.25) is 9.10 Å². The van der Waals surface area contributed by atoms with Crippen molar-refractivity contribution in [2.45, 2.75) is 31.6 Å². The van der Waals surface area contributed by atoms with Crippen LogP contribution in [0.5, 0.6) is 0 Å². The summed E-state index contributed by atoms with van der Waals surface area (Å²) in [6, 6.07) is 20.7. The van der Waals surface area contributed by atoms with Crippen LogP contribution in [0.1, 0.15) is 36.5 Å². The highest BCUT2D eigenvalue weighted by molar-refractivity contribution is 7.92. The first-order valence-electron chi connectivity index (χ1n) is 10.4. The van der Waals surface area contributed by atoms with Crippen LogP contribution < -0.4 is 9.73 Å². The predicted octanol–water partition coefficient (Wildman–Crippen LogP) is 5.12. The summed E-state index contributed by atoms with van der Waals surface area (Å²) in [5.41, 5.74) is 5.42. The molecule has 0 fully saturated rings. The van der Waals surface area contributed by atoms with Gasteiger partial charge < -0.3 is 0 Å². The summed E-state index contributed by atoms with van der Waals surface area (Å²) in [5, 5.41) is 4.41. The maximum atomic E-state index is 13.4. The molecule has 3 rings (SSSR count). The van der Waals surface area contributed by atoms with Crippen molar-refractivity contribution in [2.75, 3.05) is 10.8 Å². The van der Waals surface area contributed by atoms with Crippen molar-refractivity contribution in [3.8, 4) is 0 Å². The monoisotopic (exact) mass is 483 g/mol. The number of nitrogens with one attached hydrogen (secondary N) is 1. The molecule has 0 spiro atoms. The van der Waals surface area contributed by atoms with Crippen LogP contribution in [0.25, 0.3) is 0 Å². The van der Waals surface area contributed by atoms with E-state index >= 15 is 0 Å². The van der Waals surface area contributed by atoms with Gasteiger partial charge in [-0.25, -0.2) is 13.8 Å². The largest absolute Gasteiger partial charge is 0.271 e. The van der Waals surface area contributed by atoms with E-state index < -0.39 is 22.5 Å². The van der Waals surface area contributed by atoms with Crippen molar-refractivity contribution in [3.05, 3.63) is 94.5 Å². The first kappa shape index (κ1) is 24.5. The van der Waals surface area contributed by atoms with Crippen LogP contribution in [0.4, 0.5) is 5.69 Å². The van der Waals surface area contributed by atoms with E-state index in [1.807, 2.05) is 19.1 Å². The SMILES string of the molecule is Cc1ccc(S(=O)(=O)N(CC(=O)N/N=C\c2ccccc2Cl)c2ccc(C(C)C)cc2)cc1. The van der Waals surface area contributed by atoms with E-state index in [1.54, 1.807) is 48.5 Å². The van der Waals surface area contributed by atoms with Crippen molar-refractivity contribution in [1.82, 2.24) is 5.43 Å². The number of amides is 1. The zero-order chi connectivity index (χ0) is 24.0. The third-order valence-electron chi connectivity index (χ3n) is 5.04. The molecule has 0 aliphatic rings. The van der Waals surface area contributed by atoms with Gasteiger partial charge in [-0.2, -0.15) is 5.10 Å². The third-order valence-corrected chi connectivity index (χ3v) is 7.17. The zero-order valence-electron chi connectivity index (χ0n) is 18.7. The summed E-state index contributed by atoms with van der Waals surface area (Å²) < 4.78 is 27.9. The van der Waals surface area contributed by atoms with Crippen LogP contribution in [0, 0.1) is 6.92 Å². The van der Waals surface area contributed by atoms with Crippen molar-refractivity contribution in [1.29, 1.82) is 0 Å². The average Bonchev–Trinajstić information content (AvgIpc) is 2.79. The quantitative estimate of drug-likeness (QED) is 0.357. The molecule has 33 heavy (non-hydrogen) atoms. The Morgan fingerprint density at radius 3 is 2.27 bits per heavy atom. The van der Waals surface area contributed by atoms with Crippen LogP contribution in [0.15, 0.2) is 82.8 Å². The second-order valence-corrected chi connectivity index (χ2v) is 10.2. The number of halogens is 1. The number of anilines is 1. The fourth-order valence-corrected chi connectivity index (χ4v) is 4.70. The molecule has 6 nitrogen and oxygen atoms in total. The number of benzene rings is 3. The molecule has 1 amide bonds. The molecule has 0 unspecified atom stereocenters. The van der Waals surface area contributed by atoms with Crippen LogP contribution in [-0.4, -0.2) is 27.1 Å². The molecule has 8 heteroatoms. The lowest BCUT2D eigenvalue weighted by Crippen LogP contribution is -2.39. The van der Waals surface area contributed by atoms with E-state index in [4.69, 9.17) is 11.6 Å². The van der Waals surface area contributed by atoms with Gasteiger partial charge in [0.1, 0.15) is 6.54 Å². The highest BCUT2D eigenvalue weighted by Gasteiger charge is 2.27. The molecule has 0 aromatic heterocycles. The molecule has 0 saturated heterocycles. The minimum Gasteiger partial charge on any atom is -0.271 e. The maximum absolute atomic E-state index is 13.4. The van der Waals surface area contributed by atoms with E-state index in [0.29, 0.717) is 22.2 Å². The van der Waals surface area contributed by atoms with Crippen molar-refractivity contribution in [3.63, 3.8) is 0 Å². The summed E-state index contributed by atoms with van der Waals surface area (Å²) in [7, 11) is -3.98. The lowest BCUT2D eigenvalue weighted by molar-refractivity contribution is -0.119. The highest BCUT2D eigenvalue weighted by Crippen LogP contribution is 2.26. The van der Waals surface area contributed by atoms with E-state index in [0.717, 1.165) is 15.4 Å². The molecule has 3 aromatic carbocycles. The second kappa shape index (κ2) is 10.6. The van der Waals surface area contributed by atoms with Gasteiger partial charge in [-0.15, -0.1) is 0 Å². The average molecular weight is 484 g/mol. The molecular weight excluding hydrogens is 458 g/mol. The van der Waals surface area contributed by atoms with Crippen molar-refractivity contribution >= 4 is 39.4 Å². The number of hydrogen-bond donors (Lipinski definition) is 1. The van der Waals surface area contributed by atoms with Crippen molar-refractivity contribution in [2.24, 2.45) is 5.10 Å². The van der Waals surface area contributed by atoms with Gasteiger partial charge >= 0.3 is 0 Å².